The lowest BCUT2D eigenvalue weighted by atomic mass is 9.78. The summed E-state index contributed by atoms with van der Waals surface area (Å²) in [4.78, 5) is 12.8. The number of hydrogen-bond acceptors (Lipinski definition) is 3. The van der Waals surface area contributed by atoms with Gasteiger partial charge in [0.2, 0.25) is 0 Å². The summed E-state index contributed by atoms with van der Waals surface area (Å²) in [6, 6.07) is 11.2. The Kier molecular flexibility index (Phi) is 3.60. The molecule has 1 aliphatic carbocycles. The molecule has 4 nitrogen and oxygen atoms in total. The van der Waals surface area contributed by atoms with Crippen molar-refractivity contribution in [3.05, 3.63) is 48.0 Å². The number of fused-ring (bicyclic) bond motifs is 2. The van der Waals surface area contributed by atoms with Crippen LogP contribution in [-0.2, 0) is 11.3 Å². The largest absolute Gasteiger partial charge is 0.445 e. The zero-order valence-electron chi connectivity index (χ0n) is 11.4. The molecule has 108 valence electrons. The summed E-state index contributed by atoms with van der Waals surface area (Å²) in [7, 11) is 0. The van der Waals surface area contributed by atoms with Crippen molar-refractivity contribution in [2.45, 2.75) is 23.9 Å². The molecule has 3 aliphatic rings. The van der Waals surface area contributed by atoms with Crippen LogP contribution in [0.15, 0.2) is 42.5 Å². The summed E-state index contributed by atoms with van der Waals surface area (Å²) in [6.45, 7) is 0.782. The second-order valence-electron chi connectivity index (χ2n) is 5.46. The maximum Gasteiger partial charge on any atom is 0.410 e. The lowest BCUT2D eigenvalue weighted by Gasteiger charge is -2.47. The van der Waals surface area contributed by atoms with Crippen LogP contribution in [0.2, 0.25) is 0 Å². The molecule has 1 saturated heterocycles. The number of halogens is 1. The maximum absolute atomic E-state index is 12.3. The quantitative estimate of drug-likeness (QED) is 0.623. The van der Waals surface area contributed by atoms with Gasteiger partial charge in [0.1, 0.15) is 6.61 Å². The van der Waals surface area contributed by atoms with Crippen LogP contribution in [0.5, 0.6) is 0 Å². The van der Waals surface area contributed by atoms with E-state index < -0.39 is 17.0 Å². The highest BCUT2D eigenvalue weighted by Crippen LogP contribution is 2.41. The van der Waals surface area contributed by atoms with E-state index in [1.807, 2.05) is 42.5 Å². The van der Waals surface area contributed by atoms with E-state index in [-0.39, 0.29) is 12.5 Å². The van der Waals surface area contributed by atoms with Crippen LogP contribution in [-0.4, -0.2) is 28.5 Å². The average molecular weight is 303 g/mol. The van der Waals surface area contributed by atoms with Crippen molar-refractivity contribution in [2.75, 3.05) is 6.54 Å². The average Bonchev–Trinajstić information content (AvgIpc) is 2.53. The highest BCUT2D eigenvalue weighted by Gasteiger charge is 2.50. The number of nitriles is 1. The molecule has 1 fully saturated rings. The molecule has 0 saturated carbocycles. The molecule has 3 unspecified atom stereocenters. The number of carbonyl (C=O) groups is 1. The van der Waals surface area contributed by atoms with Crippen LogP contribution < -0.4 is 0 Å². The lowest BCUT2D eigenvalue weighted by molar-refractivity contribution is 0.0595. The second kappa shape index (κ2) is 5.42. The predicted molar refractivity (Wildman–Crippen MR) is 78.6 cm³/mol. The summed E-state index contributed by atoms with van der Waals surface area (Å²) in [6.07, 6.45) is 4.04. The van der Waals surface area contributed by atoms with Crippen LogP contribution in [0.3, 0.4) is 0 Å². The minimum Gasteiger partial charge on any atom is -0.445 e. The maximum atomic E-state index is 12.3. The molecule has 21 heavy (non-hydrogen) atoms. The summed E-state index contributed by atoms with van der Waals surface area (Å²) in [5.41, 5.74) is 0.931. The molecule has 1 aromatic rings. The van der Waals surface area contributed by atoms with Crippen LogP contribution in [0.4, 0.5) is 4.79 Å². The highest BCUT2D eigenvalue weighted by atomic mass is 35.5. The number of piperidine rings is 1. The fraction of sp³-hybridized carbons (Fsp3) is 0.375. The first-order valence-corrected chi connectivity index (χ1v) is 7.26. The molecule has 0 spiro atoms. The molecule has 2 heterocycles. The fourth-order valence-corrected chi connectivity index (χ4v) is 3.32. The summed E-state index contributed by atoms with van der Waals surface area (Å²) < 4.78 is 5.34. The zero-order chi connectivity index (χ0) is 14.9. The van der Waals surface area contributed by atoms with Gasteiger partial charge >= 0.3 is 6.09 Å². The van der Waals surface area contributed by atoms with Crippen molar-refractivity contribution < 1.29 is 9.53 Å². The Morgan fingerprint density at radius 2 is 2.19 bits per heavy atom. The number of carbonyl (C=O) groups excluding carboxylic acids is 1. The molecule has 1 aromatic carbocycles. The third-order valence-electron chi connectivity index (χ3n) is 3.99. The van der Waals surface area contributed by atoms with Gasteiger partial charge in [0.25, 0.3) is 0 Å². The summed E-state index contributed by atoms with van der Waals surface area (Å²) in [5, 5.41) is 9.29. The molecule has 2 bridgehead atoms. The summed E-state index contributed by atoms with van der Waals surface area (Å²) in [5.74, 6) is 0.122. The van der Waals surface area contributed by atoms with Crippen LogP contribution in [0, 0.1) is 17.2 Å². The van der Waals surface area contributed by atoms with Gasteiger partial charge in [-0.2, -0.15) is 5.26 Å². The second-order valence-corrected chi connectivity index (χ2v) is 6.14. The molecule has 0 N–H and O–H groups in total. The van der Waals surface area contributed by atoms with E-state index in [4.69, 9.17) is 16.3 Å². The zero-order valence-corrected chi connectivity index (χ0v) is 12.2. The van der Waals surface area contributed by atoms with Crippen molar-refractivity contribution in [1.82, 2.24) is 4.90 Å². The molecule has 5 heteroatoms. The van der Waals surface area contributed by atoms with E-state index in [9.17, 15) is 10.1 Å². The van der Waals surface area contributed by atoms with Crippen molar-refractivity contribution >= 4 is 17.7 Å². The van der Waals surface area contributed by atoms with E-state index in [2.05, 4.69) is 6.07 Å². The molecular weight excluding hydrogens is 288 g/mol. The van der Waals surface area contributed by atoms with Gasteiger partial charge in [0.15, 0.2) is 4.87 Å². The SMILES string of the molecule is N#CC1(Cl)CC2C=CC1N(C(=O)OCc1ccccc1)C2. The molecule has 0 radical (unpaired) electrons. The number of amides is 1. The first-order chi connectivity index (χ1) is 10.1. The Hall–Kier alpha value is -1.99. The van der Waals surface area contributed by atoms with Crippen molar-refractivity contribution in [1.29, 1.82) is 5.26 Å². The molecule has 0 aromatic heterocycles. The van der Waals surface area contributed by atoms with Crippen LogP contribution >= 0.6 is 11.6 Å². The van der Waals surface area contributed by atoms with Crippen molar-refractivity contribution in [3.63, 3.8) is 0 Å². The number of nitrogens with zero attached hydrogens (tertiary/aromatic N) is 2. The van der Waals surface area contributed by atoms with Crippen molar-refractivity contribution in [2.24, 2.45) is 5.92 Å². The minimum atomic E-state index is -1.04. The van der Waals surface area contributed by atoms with Gasteiger partial charge in [-0.3, -0.25) is 4.90 Å². The third-order valence-corrected chi connectivity index (χ3v) is 4.45. The Balaban J connectivity index is 1.69. The van der Waals surface area contributed by atoms with Gasteiger partial charge in [-0.1, -0.05) is 42.5 Å². The fourth-order valence-electron chi connectivity index (χ4n) is 2.93. The van der Waals surface area contributed by atoms with E-state index in [0.717, 1.165) is 5.56 Å². The Morgan fingerprint density at radius 1 is 1.43 bits per heavy atom. The Morgan fingerprint density at radius 3 is 2.86 bits per heavy atom. The molecule has 3 atom stereocenters. The first-order valence-electron chi connectivity index (χ1n) is 6.88. The van der Waals surface area contributed by atoms with E-state index >= 15 is 0 Å². The monoisotopic (exact) mass is 302 g/mol. The summed E-state index contributed by atoms with van der Waals surface area (Å²) >= 11 is 6.35. The number of rotatable bonds is 2. The third kappa shape index (κ3) is 2.62. The van der Waals surface area contributed by atoms with E-state index in [0.29, 0.717) is 13.0 Å². The predicted octanol–water partition coefficient (Wildman–Crippen LogP) is 3.08. The van der Waals surface area contributed by atoms with Gasteiger partial charge in [-0.25, -0.2) is 4.79 Å². The van der Waals surface area contributed by atoms with Gasteiger partial charge in [0.05, 0.1) is 12.1 Å². The van der Waals surface area contributed by atoms with Gasteiger partial charge < -0.3 is 4.74 Å². The molecule has 4 rings (SSSR count). The lowest BCUT2D eigenvalue weighted by Crippen LogP contribution is -2.59. The van der Waals surface area contributed by atoms with Crippen molar-refractivity contribution in [3.8, 4) is 6.07 Å². The molecule has 2 aliphatic heterocycles. The van der Waals surface area contributed by atoms with Gasteiger partial charge in [0, 0.05) is 6.54 Å². The Bertz CT molecular complexity index is 610. The van der Waals surface area contributed by atoms with Gasteiger partial charge in [-0.15, -0.1) is 11.6 Å². The first kappa shape index (κ1) is 14.0. The van der Waals surface area contributed by atoms with Crippen LogP contribution in [0.25, 0.3) is 0 Å². The molecule has 1 amide bonds. The van der Waals surface area contributed by atoms with Gasteiger partial charge in [-0.05, 0) is 17.9 Å². The number of hydrogen-bond donors (Lipinski definition) is 0. The number of ether oxygens (including phenoxy) is 1. The smallest absolute Gasteiger partial charge is 0.410 e. The normalized spacial score (nSPS) is 30.0. The highest BCUT2D eigenvalue weighted by molar-refractivity contribution is 6.27. The number of alkyl halides is 1. The van der Waals surface area contributed by atoms with E-state index in [1.165, 1.54) is 0 Å². The Labute approximate surface area is 128 Å². The minimum absolute atomic E-state index is 0.122. The number of benzene rings is 1. The molecular formula is C16H15ClN2O2. The standard InChI is InChI=1S/C16H15ClN2O2/c17-16(11-18)8-13-6-7-14(16)19(9-13)15(20)21-10-12-4-2-1-3-5-12/h1-7,13-14H,8-10H2. The van der Waals surface area contributed by atoms with Crippen LogP contribution in [0.1, 0.15) is 12.0 Å². The van der Waals surface area contributed by atoms with E-state index in [1.54, 1.807) is 4.90 Å². The topological polar surface area (TPSA) is 53.3 Å².